The summed E-state index contributed by atoms with van der Waals surface area (Å²) in [4.78, 5) is 2.41. The lowest BCUT2D eigenvalue weighted by molar-refractivity contribution is 0.487. The predicted octanol–water partition coefficient (Wildman–Crippen LogP) is 6.33. The van der Waals surface area contributed by atoms with Crippen LogP contribution < -0.4 is 51.1 Å². The summed E-state index contributed by atoms with van der Waals surface area (Å²) in [5, 5.41) is 11.2. The van der Waals surface area contributed by atoms with Crippen molar-refractivity contribution in [3.8, 4) is 11.5 Å². The summed E-state index contributed by atoms with van der Waals surface area (Å²) in [5.41, 5.74) is 3.40. The van der Waals surface area contributed by atoms with E-state index in [1.807, 2.05) is 0 Å². The molecule has 2 heterocycles. The number of hydrogen-bond acceptors (Lipinski definition) is 2. The number of hydrogen-bond donors (Lipinski definition) is 0. The summed E-state index contributed by atoms with van der Waals surface area (Å²) >= 11 is 0. The second-order valence-corrected chi connectivity index (χ2v) is 21.0. The van der Waals surface area contributed by atoms with Crippen molar-refractivity contribution in [1.82, 2.24) is 0 Å². The van der Waals surface area contributed by atoms with E-state index in [1.54, 1.807) is 0 Å². The SMILES string of the molecule is c1ccc(N(c2ccccc2)c2ccc3c(c2)[Si]2(c4ccccc4Oc4ccccc42)c2ccccc2[Si]3(c2ccccc2)c2ccccc2)cc1. The lowest BCUT2D eigenvalue weighted by atomic mass is 10.2. The van der Waals surface area contributed by atoms with Gasteiger partial charge in [-0.05, 0) is 90.0 Å². The Hall–Kier alpha value is -6.21. The van der Waals surface area contributed by atoms with Crippen molar-refractivity contribution in [3.63, 3.8) is 0 Å². The smallest absolute Gasteiger partial charge is 0.188 e. The molecule has 0 unspecified atom stereocenters. The largest absolute Gasteiger partial charge is 0.458 e. The maximum Gasteiger partial charge on any atom is 0.188 e. The van der Waals surface area contributed by atoms with E-state index in [1.165, 1.54) is 41.5 Å². The first-order valence-corrected chi connectivity index (χ1v) is 21.9. The van der Waals surface area contributed by atoms with E-state index in [4.69, 9.17) is 4.74 Å². The molecule has 246 valence electrons. The van der Waals surface area contributed by atoms with Crippen LogP contribution in [-0.4, -0.2) is 16.1 Å². The first-order chi connectivity index (χ1) is 25.8. The normalized spacial score (nSPS) is 14.2. The van der Waals surface area contributed by atoms with E-state index >= 15 is 0 Å². The highest BCUT2D eigenvalue weighted by Crippen LogP contribution is 2.36. The first kappa shape index (κ1) is 30.6. The molecule has 8 aromatic rings. The fourth-order valence-electron chi connectivity index (χ4n) is 9.08. The van der Waals surface area contributed by atoms with E-state index < -0.39 is 16.1 Å². The van der Waals surface area contributed by atoms with Gasteiger partial charge in [0.1, 0.15) is 11.5 Å². The average Bonchev–Trinajstić information content (AvgIpc) is 3.22. The van der Waals surface area contributed by atoms with Crippen molar-refractivity contribution in [1.29, 1.82) is 0 Å². The molecule has 1 spiro atoms. The van der Waals surface area contributed by atoms with Crippen LogP contribution >= 0.6 is 0 Å². The van der Waals surface area contributed by atoms with Crippen molar-refractivity contribution in [2.75, 3.05) is 4.90 Å². The van der Waals surface area contributed by atoms with Crippen LogP contribution in [0.2, 0.25) is 0 Å². The second-order valence-electron chi connectivity index (χ2n) is 13.6. The van der Waals surface area contributed by atoms with Crippen molar-refractivity contribution >= 4 is 74.7 Å². The Morgan fingerprint density at radius 1 is 0.288 bits per heavy atom. The molecule has 2 nitrogen and oxygen atoms in total. The molecular formula is C48H35NOSi2. The molecule has 0 amide bonds. The highest BCUT2D eigenvalue weighted by Gasteiger charge is 2.59. The number of benzene rings is 8. The second kappa shape index (κ2) is 12.2. The lowest BCUT2D eigenvalue weighted by Gasteiger charge is -2.50. The van der Waals surface area contributed by atoms with Crippen LogP contribution in [0.4, 0.5) is 17.1 Å². The highest BCUT2D eigenvalue weighted by atomic mass is 28.3. The van der Waals surface area contributed by atoms with Crippen LogP contribution in [0.25, 0.3) is 0 Å². The molecule has 0 saturated carbocycles. The van der Waals surface area contributed by atoms with Crippen molar-refractivity contribution < 1.29 is 4.74 Å². The minimum absolute atomic E-state index is 0.954. The summed E-state index contributed by atoms with van der Waals surface area (Å²) in [6.07, 6.45) is 0. The molecule has 2 aliphatic heterocycles. The Bertz CT molecular complexity index is 2430. The number of nitrogens with zero attached hydrogens (tertiary/aromatic N) is 1. The number of anilines is 3. The van der Waals surface area contributed by atoms with Gasteiger partial charge in [-0.2, -0.15) is 0 Å². The number of rotatable bonds is 5. The van der Waals surface area contributed by atoms with Crippen LogP contribution in [0, 0.1) is 0 Å². The van der Waals surface area contributed by atoms with Gasteiger partial charge in [0.25, 0.3) is 0 Å². The molecule has 10 rings (SSSR count). The van der Waals surface area contributed by atoms with Crippen molar-refractivity contribution in [2.24, 2.45) is 0 Å². The maximum absolute atomic E-state index is 6.81. The van der Waals surface area contributed by atoms with Gasteiger partial charge in [-0.15, -0.1) is 0 Å². The molecule has 0 aliphatic carbocycles. The van der Waals surface area contributed by atoms with Gasteiger partial charge in [0, 0.05) is 17.1 Å². The Labute approximate surface area is 306 Å². The average molecular weight is 698 g/mol. The van der Waals surface area contributed by atoms with Gasteiger partial charge in [-0.1, -0.05) is 164 Å². The quantitative estimate of drug-likeness (QED) is 0.195. The van der Waals surface area contributed by atoms with Crippen molar-refractivity contribution in [2.45, 2.75) is 0 Å². The molecule has 52 heavy (non-hydrogen) atoms. The molecule has 8 aromatic carbocycles. The Kier molecular flexibility index (Phi) is 7.20. The minimum atomic E-state index is -3.00. The maximum atomic E-state index is 6.81. The summed E-state index contributed by atoms with van der Waals surface area (Å²) in [7, 11) is -5.87. The van der Waals surface area contributed by atoms with Gasteiger partial charge in [0.15, 0.2) is 16.1 Å². The van der Waals surface area contributed by atoms with Gasteiger partial charge in [-0.25, -0.2) is 0 Å². The van der Waals surface area contributed by atoms with Gasteiger partial charge < -0.3 is 9.64 Å². The zero-order valence-electron chi connectivity index (χ0n) is 28.6. The molecule has 0 radical (unpaired) electrons. The van der Waals surface area contributed by atoms with E-state index in [0.717, 1.165) is 28.6 Å². The van der Waals surface area contributed by atoms with E-state index in [9.17, 15) is 0 Å². The van der Waals surface area contributed by atoms with Crippen molar-refractivity contribution in [3.05, 3.63) is 212 Å². The summed E-state index contributed by atoms with van der Waals surface area (Å²) in [6.45, 7) is 0. The summed E-state index contributed by atoms with van der Waals surface area (Å²) in [5.74, 6) is 1.91. The zero-order valence-corrected chi connectivity index (χ0v) is 30.6. The topological polar surface area (TPSA) is 12.5 Å². The molecule has 0 atom stereocenters. The van der Waals surface area contributed by atoms with Gasteiger partial charge in [0.05, 0.1) is 0 Å². The molecule has 0 bridgehead atoms. The van der Waals surface area contributed by atoms with Gasteiger partial charge >= 0.3 is 0 Å². The predicted molar refractivity (Wildman–Crippen MR) is 222 cm³/mol. The summed E-state index contributed by atoms with van der Waals surface area (Å²) in [6, 6.07) is 78.7. The third-order valence-electron chi connectivity index (χ3n) is 11.0. The fraction of sp³-hybridized carbons (Fsp3) is 0. The fourth-order valence-corrected chi connectivity index (χ4v) is 21.3. The monoisotopic (exact) mass is 697 g/mol. The van der Waals surface area contributed by atoms with Gasteiger partial charge in [-0.3, -0.25) is 0 Å². The van der Waals surface area contributed by atoms with Crippen LogP contribution in [-0.2, 0) is 0 Å². The number of fused-ring (bicyclic) bond motifs is 8. The van der Waals surface area contributed by atoms with E-state index in [2.05, 4.69) is 217 Å². The molecule has 0 aromatic heterocycles. The highest BCUT2D eigenvalue weighted by molar-refractivity contribution is 7.33. The van der Waals surface area contributed by atoms with Crippen LogP contribution in [0.5, 0.6) is 11.5 Å². The summed E-state index contributed by atoms with van der Waals surface area (Å²) < 4.78 is 6.81. The van der Waals surface area contributed by atoms with E-state index in [-0.39, 0.29) is 0 Å². The molecule has 4 heteroatoms. The number of para-hydroxylation sites is 4. The molecular weight excluding hydrogens is 663 g/mol. The van der Waals surface area contributed by atoms with Crippen LogP contribution in [0.15, 0.2) is 212 Å². The Balaban J connectivity index is 1.41. The Morgan fingerprint density at radius 3 is 1.17 bits per heavy atom. The Morgan fingerprint density at radius 2 is 0.673 bits per heavy atom. The third-order valence-corrected chi connectivity index (χ3v) is 21.3. The lowest BCUT2D eigenvalue weighted by Crippen LogP contribution is -2.93. The minimum Gasteiger partial charge on any atom is -0.458 e. The van der Waals surface area contributed by atoms with Gasteiger partial charge in [0.2, 0.25) is 0 Å². The number of ether oxygens (including phenoxy) is 1. The first-order valence-electron chi connectivity index (χ1n) is 17.9. The van der Waals surface area contributed by atoms with Crippen LogP contribution in [0.3, 0.4) is 0 Å². The molecule has 2 aliphatic rings. The zero-order chi connectivity index (χ0) is 34.5. The van der Waals surface area contributed by atoms with E-state index in [0.29, 0.717) is 0 Å². The third kappa shape index (κ3) is 4.35. The standard InChI is InChI=1S/C48H35NOSi2/c1-5-19-36(20-6-1)49(37-21-7-2-8-22-37)38-33-34-47-48(35-38)52(43-29-15-13-27-41(43)50-42-28-14-16-30-44(42)52)46-32-18-17-31-45(46)51(47,39-23-9-3-10-24-39)40-25-11-4-12-26-40/h1-35H. The molecule has 0 fully saturated rings. The van der Waals surface area contributed by atoms with Crippen LogP contribution in [0.1, 0.15) is 0 Å². The molecule has 0 saturated heterocycles. The molecule has 0 N–H and O–H groups in total.